The van der Waals surface area contributed by atoms with Gasteiger partial charge in [-0.25, -0.2) is 0 Å². The normalized spacial score (nSPS) is 26.0. The summed E-state index contributed by atoms with van der Waals surface area (Å²) in [7, 11) is 0. The maximum absolute atomic E-state index is 12.0. The molecule has 0 saturated carbocycles. The average molecular weight is 303 g/mol. The molecule has 0 aliphatic carbocycles. The molecule has 1 aromatic rings. The number of amides is 1. The first-order valence-electron chi connectivity index (χ1n) is 8.17. The highest BCUT2D eigenvalue weighted by atomic mass is 16.5. The molecule has 120 valence electrons. The summed E-state index contributed by atoms with van der Waals surface area (Å²) in [5.74, 6) is 0.290. The first-order chi connectivity index (χ1) is 10.8. The van der Waals surface area contributed by atoms with Crippen LogP contribution in [0.4, 0.5) is 0 Å². The molecule has 2 atom stereocenters. The van der Waals surface area contributed by atoms with Crippen molar-refractivity contribution < 1.29 is 9.53 Å². The Balaban J connectivity index is 1.43. The van der Waals surface area contributed by atoms with Crippen molar-refractivity contribution in [1.82, 2.24) is 15.5 Å². The summed E-state index contributed by atoms with van der Waals surface area (Å²) in [6, 6.07) is 10.5. The highest BCUT2D eigenvalue weighted by molar-refractivity contribution is 5.79. The molecule has 0 aromatic heterocycles. The Bertz CT molecular complexity index is 474. The maximum Gasteiger partial charge on any atom is 0.224 e. The molecular formula is C17H25N3O2. The predicted octanol–water partition coefficient (Wildman–Crippen LogP) is 0.613. The van der Waals surface area contributed by atoms with Gasteiger partial charge >= 0.3 is 0 Å². The predicted molar refractivity (Wildman–Crippen MR) is 85.4 cm³/mol. The first-order valence-corrected chi connectivity index (χ1v) is 8.17. The van der Waals surface area contributed by atoms with Gasteiger partial charge in [0, 0.05) is 32.7 Å². The highest BCUT2D eigenvalue weighted by Crippen LogP contribution is 2.11. The Hall–Kier alpha value is -1.43. The van der Waals surface area contributed by atoms with E-state index in [0.29, 0.717) is 6.54 Å². The van der Waals surface area contributed by atoms with E-state index < -0.39 is 0 Å². The lowest BCUT2D eigenvalue weighted by Gasteiger charge is -2.33. The van der Waals surface area contributed by atoms with E-state index in [1.165, 1.54) is 5.56 Å². The minimum absolute atomic E-state index is 0.0933. The fourth-order valence-electron chi connectivity index (χ4n) is 3.13. The highest BCUT2D eigenvalue weighted by Gasteiger charge is 2.25. The van der Waals surface area contributed by atoms with Crippen LogP contribution < -0.4 is 10.6 Å². The smallest absolute Gasteiger partial charge is 0.224 e. The van der Waals surface area contributed by atoms with E-state index in [1.807, 2.05) is 6.07 Å². The van der Waals surface area contributed by atoms with Crippen molar-refractivity contribution in [3.8, 4) is 0 Å². The van der Waals surface area contributed by atoms with Crippen molar-refractivity contribution in [3.05, 3.63) is 35.9 Å². The maximum atomic E-state index is 12.0. The Morgan fingerprint density at radius 1 is 1.36 bits per heavy atom. The number of benzene rings is 1. The number of nitrogens with zero attached hydrogens (tertiary/aromatic N) is 1. The van der Waals surface area contributed by atoms with Crippen LogP contribution in [-0.2, 0) is 16.1 Å². The molecule has 2 N–H and O–H groups in total. The number of rotatable bonds is 5. The summed E-state index contributed by atoms with van der Waals surface area (Å²) in [5, 5.41) is 6.27. The number of hydrogen-bond donors (Lipinski definition) is 2. The summed E-state index contributed by atoms with van der Waals surface area (Å²) in [5.41, 5.74) is 1.32. The number of nitrogens with one attached hydrogen (secondary N) is 2. The molecule has 2 heterocycles. The lowest BCUT2D eigenvalue weighted by atomic mass is 10.1. The second-order valence-electron chi connectivity index (χ2n) is 6.15. The molecule has 22 heavy (non-hydrogen) atoms. The van der Waals surface area contributed by atoms with Crippen LogP contribution in [0, 0.1) is 5.92 Å². The number of morpholine rings is 1. The molecule has 0 radical (unpaired) electrons. The van der Waals surface area contributed by atoms with E-state index in [9.17, 15) is 4.79 Å². The van der Waals surface area contributed by atoms with Gasteiger partial charge in [0.15, 0.2) is 0 Å². The summed E-state index contributed by atoms with van der Waals surface area (Å²) >= 11 is 0. The van der Waals surface area contributed by atoms with Crippen LogP contribution in [0.25, 0.3) is 0 Å². The van der Waals surface area contributed by atoms with Gasteiger partial charge < -0.3 is 15.4 Å². The molecule has 2 fully saturated rings. The van der Waals surface area contributed by atoms with Gasteiger partial charge in [0.05, 0.1) is 18.6 Å². The number of hydrogen-bond acceptors (Lipinski definition) is 4. The molecule has 5 nitrogen and oxygen atoms in total. The van der Waals surface area contributed by atoms with Gasteiger partial charge in [0.2, 0.25) is 5.91 Å². The molecule has 2 unspecified atom stereocenters. The van der Waals surface area contributed by atoms with Crippen molar-refractivity contribution in [2.75, 3.05) is 39.3 Å². The summed E-state index contributed by atoms with van der Waals surface area (Å²) < 4.78 is 5.79. The largest absolute Gasteiger partial charge is 0.374 e. The molecule has 1 aromatic carbocycles. The third kappa shape index (κ3) is 4.29. The topological polar surface area (TPSA) is 53.6 Å². The minimum atomic E-state index is 0.0933. The van der Waals surface area contributed by atoms with Crippen molar-refractivity contribution >= 4 is 5.91 Å². The van der Waals surface area contributed by atoms with Crippen LogP contribution in [0.1, 0.15) is 12.0 Å². The van der Waals surface area contributed by atoms with Crippen LogP contribution in [0.15, 0.2) is 30.3 Å². The van der Waals surface area contributed by atoms with Crippen molar-refractivity contribution in [2.24, 2.45) is 5.92 Å². The molecule has 0 spiro atoms. The lowest BCUT2D eigenvalue weighted by molar-refractivity contribution is -0.125. The number of carbonyl (C=O) groups is 1. The second kappa shape index (κ2) is 7.72. The van der Waals surface area contributed by atoms with Crippen LogP contribution in [-0.4, -0.2) is 56.2 Å². The zero-order valence-electron chi connectivity index (χ0n) is 13.0. The first kappa shape index (κ1) is 15.5. The molecule has 1 amide bonds. The zero-order valence-corrected chi connectivity index (χ0v) is 13.0. The van der Waals surface area contributed by atoms with E-state index in [2.05, 4.69) is 39.8 Å². The molecule has 2 saturated heterocycles. The summed E-state index contributed by atoms with van der Waals surface area (Å²) in [6.07, 6.45) is 1.04. The van der Waals surface area contributed by atoms with Gasteiger partial charge in [0.25, 0.3) is 0 Å². The number of ether oxygens (including phenoxy) is 1. The minimum Gasteiger partial charge on any atom is -0.374 e. The Morgan fingerprint density at radius 3 is 3.00 bits per heavy atom. The van der Waals surface area contributed by atoms with E-state index in [1.54, 1.807) is 0 Å². The summed E-state index contributed by atoms with van der Waals surface area (Å²) in [6.45, 7) is 5.87. The van der Waals surface area contributed by atoms with E-state index in [4.69, 9.17) is 4.74 Å². The van der Waals surface area contributed by atoms with Gasteiger partial charge in [-0.1, -0.05) is 30.3 Å². The van der Waals surface area contributed by atoms with Crippen LogP contribution in [0.3, 0.4) is 0 Å². The van der Waals surface area contributed by atoms with E-state index in [-0.39, 0.29) is 17.9 Å². The monoisotopic (exact) mass is 303 g/mol. The molecule has 5 heteroatoms. The molecule has 2 aliphatic rings. The fourth-order valence-corrected chi connectivity index (χ4v) is 3.13. The van der Waals surface area contributed by atoms with Gasteiger partial charge in [0.1, 0.15) is 0 Å². The zero-order chi connectivity index (χ0) is 15.2. The van der Waals surface area contributed by atoms with Crippen LogP contribution >= 0.6 is 0 Å². The third-order valence-electron chi connectivity index (χ3n) is 4.41. The number of carbonyl (C=O) groups excluding carboxylic acids is 1. The molecule has 0 bridgehead atoms. The Morgan fingerprint density at radius 2 is 2.23 bits per heavy atom. The van der Waals surface area contributed by atoms with Crippen molar-refractivity contribution in [1.29, 1.82) is 0 Å². The van der Waals surface area contributed by atoms with Gasteiger partial charge in [-0.15, -0.1) is 0 Å². The standard InChI is InChI=1S/C17H25N3O2/c21-17(15-6-7-18-10-15)19-11-16-13-20(8-9-22-16)12-14-4-2-1-3-5-14/h1-5,15-16,18H,6-13H2,(H,19,21). The fraction of sp³-hybridized carbons (Fsp3) is 0.588. The van der Waals surface area contributed by atoms with Crippen molar-refractivity contribution in [3.63, 3.8) is 0 Å². The van der Waals surface area contributed by atoms with Crippen LogP contribution in [0.2, 0.25) is 0 Å². The van der Waals surface area contributed by atoms with Crippen molar-refractivity contribution in [2.45, 2.75) is 19.1 Å². The van der Waals surface area contributed by atoms with E-state index >= 15 is 0 Å². The Labute approximate surface area is 132 Å². The van der Waals surface area contributed by atoms with E-state index in [0.717, 1.165) is 45.8 Å². The molecule has 2 aliphatic heterocycles. The van der Waals surface area contributed by atoms with Crippen LogP contribution in [0.5, 0.6) is 0 Å². The second-order valence-corrected chi connectivity index (χ2v) is 6.15. The van der Waals surface area contributed by atoms with Gasteiger partial charge in [-0.05, 0) is 18.5 Å². The average Bonchev–Trinajstić information content (AvgIpc) is 3.08. The molecule has 3 rings (SSSR count). The lowest BCUT2D eigenvalue weighted by Crippen LogP contribution is -2.48. The third-order valence-corrected chi connectivity index (χ3v) is 4.41. The Kier molecular flexibility index (Phi) is 5.43. The SMILES string of the molecule is O=C(NCC1CN(Cc2ccccc2)CCO1)C1CCNC1. The molecular weight excluding hydrogens is 278 g/mol. The van der Waals surface area contributed by atoms with Gasteiger partial charge in [-0.3, -0.25) is 9.69 Å². The summed E-state index contributed by atoms with van der Waals surface area (Å²) in [4.78, 5) is 14.4. The van der Waals surface area contributed by atoms with Gasteiger partial charge in [-0.2, -0.15) is 0 Å². The quantitative estimate of drug-likeness (QED) is 0.837.